The molecule has 0 fully saturated rings. The standard InChI is InChI=1S/C12H13ClFN5O/c1-2-5-20-12-18-10(15)17-11(19-12)16-7-3-4-9(14)8(13)6-7/h3-4,6H,2,5H2,1H3,(H3,15,16,17,18,19). The Morgan fingerprint density at radius 3 is 2.85 bits per heavy atom. The number of anilines is 3. The monoisotopic (exact) mass is 297 g/mol. The van der Waals surface area contributed by atoms with Gasteiger partial charge in [0.25, 0.3) is 0 Å². The van der Waals surface area contributed by atoms with Gasteiger partial charge in [0.05, 0.1) is 11.6 Å². The van der Waals surface area contributed by atoms with Crippen LogP contribution in [0.15, 0.2) is 18.2 Å². The second-order valence-corrected chi connectivity index (χ2v) is 4.31. The van der Waals surface area contributed by atoms with Gasteiger partial charge in [-0.15, -0.1) is 0 Å². The van der Waals surface area contributed by atoms with E-state index in [1.807, 2.05) is 6.92 Å². The molecule has 0 aliphatic heterocycles. The molecule has 0 saturated heterocycles. The number of hydrogen-bond acceptors (Lipinski definition) is 6. The minimum absolute atomic E-state index is 0.000477. The Morgan fingerprint density at radius 1 is 1.35 bits per heavy atom. The summed E-state index contributed by atoms with van der Waals surface area (Å²) >= 11 is 5.69. The Hall–Kier alpha value is -2.15. The summed E-state index contributed by atoms with van der Waals surface area (Å²) in [6, 6.07) is 4.30. The van der Waals surface area contributed by atoms with Crippen LogP contribution in [0.4, 0.5) is 22.0 Å². The van der Waals surface area contributed by atoms with Crippen LogP contribution in [0.5, 0.6) is 6.01 Å². The van der Waals surface area contributed by atoms with Gasteiger partial charge in [-0.05, 0) is 24.6 Å². The van der Waals surface area contributed by atoms with Crippen LogP contribution in [0.2, 0.25) is 5.02 Å². The maximum absolute atomic E-state index is 13.1. The molecule has 0 aliphatic carbocycles. The molecule has 0 bridgehead atoms. The van der Waals surface area contributed by atoms with Gasteiger partial charge >= 0.3 is 6.01 Å². The van der Waals surface area contributed by atoms with Crippen molar-refractivity contribution in [1.82, 2.24) is 15.0 Å². The number of nitrogen functional groups attached to an aromatic ring is 1. The predicted molar refractivity (Wildman–Crippen MR) is 74.7 cm³/mol. The van der Waals surface area contributed by atoms with E-state index in [9.17, 15) is 4.39 Å². The van der Waals surface area contributed by atoms with Gasteiger partial charge in [0, 0.05) is 5.69 Å². The highest BCUT2D eigenvalue weighted by atomic mass is 35.5. The first kappa shape index (κ1) is 14.3. The smallest absolute Gasteiger partial charge is 0.323 e. The van der Waals surface area contributed by atoms with Crippen molar-refractivity contribution in [3.8, 4) is 6.01 Å². The molecule has 106 valence electrons. The fraction of sp³-hybridized carbons (Fsp3) is 0.250. The minimum Gasteiger partial charge on any atom is -0.463 e. The molecule has 0 aliphatic rings. The first-order valence-electron chi connectivity index (χ1n) is 5.95. The van der Waals surface area contributed by atoms with E-state index in [-0.39, 0.29) is 22.9 Å². The lowest BCUT2D eigenvalue weighted by molar-refractivity contribution is 0.292. The largest absolute Gasteiger partial charge is 0.463 e. The van der Waals surface area contributed by atoms with E-state index in [1.165, 1.54) is 18.2 Å². The van der Waals surface area contributed by atoms with E-state index in [1.54, 1.807) is 0 Å². The molecule has 0 unspecified atom stereocenters. The van der Waals surface area contributed by atoms with Crippen LogP contribution in [-0.2, 0) is 0 Å². The zero-order chi connectivity index (χ0) is 14.5. The molecular formula is C12H13ClFN5O. The van der Waals surface area contributed by atoms with E-state index >= 15 is 0 Å². The fourth-order valence-electron chi connectivity index (χ4n) is 1.39. The lowest BCUT2D eigenvalue weighted by Gasteiger charge is -2.08. The van der Waals surface area contributed by atoms with E-state index in [2.05, 4.69) is 20.3 Å². The average molecular weight is 298 g/mol. The Balaban J connectivity index is 2.19. The van der Waals surface area contributed by atoms with Crippen molar-refractivity contribution in [3.63, 3.8) is 0 Å². The lowest BCUT2D eigenvalue weighted by Crippen LogP contribution is -2.07. The second-order valence-electron chi connectivity index (χ2n) is 3.90. The number of nitrogens with one attached hydrogen (secondary N) is 1. The third-order valence-electron chi connectivity index (χ3n) is 2.24. The summed E-state index contributed by atoms with van der Waals surface area (Å²) in [6.45, 7) is 2.44. The van der Waals surface area contributed by atoms with Gasteiger partial charge < -0.3 is 15.8 Å². The molecule has 1 heterocycles. The van der Waals surface area contributed by atoms with Gasteiger partial charge in [0.15, 0.2) is 0 Å². The summed E-state index contributed by atoms with van der Waals surface area (Å²) in [6.07, 6.45) is 0.821. The predicted octanol–water partition coefficient (Wildman–Crippen LogP) is 2.78. The molecule has 0 saturated carbocycles. The number of hydrogen-bond donors (Lipinski definition) is 2. The van der Waals surface area contributed by atoms with Gasteiger partial charge in [-0.3, -0.25) is 0 Å². The van der Waals surface area contributed by atoms with Crippen molar-refractivity contribution in [1.29, 1.82) is 0 Å². The molecule has 0 radical (unpaired) electrons. The number of rotatable bonds is 5. The van der Waals surface area contributed by atoms with Gasteiger partial charge in [0.1, 0.15) is 5.82 Å². The van der Waals surface area contributed by atoms with Gasteiger partial charge in [-0.2, -0.15) is 15.0 Å². The highest BCUT2D eigenvalue weighted by Crippen LogP contribution is 2.22. The Morgan fingerprint density at radius 2 is 2.15 bits per heavy atom. The first-order valence-corrected chi connectivity index (χ1v) is 6.32. The second kappa shape index (κ2) is 6.33. The highest BCUT2D eigenvalue weighted by molar-refractivity contribution is 6.31. The van der Waals surface area contributed by atoms with Crippen LogP contribution in [0.3, 0.4) is 0 Å². The van der Waals surface area contributed by atoms with E-state index in [4.69, 9.17) is 22.1 Å². The maximum atomic E-state index is 13.1. The van der Waals surface area contributed by atoms with Crippen LogP contribution in [0.25, 0.3) is 0 Å². The van der Waals surface area contributed by atoms with Gasteiger partial charge in [-0.1, -0.05) is 18.5 Å². The number of aromatic nitrogens is 3. The van der Waals surface area contributed by atoms with Gasteiger partial charge in [-0.25, -0.2) is 4.39 Å². The van der Waals surface area contributed by atoms with Crippen molar-refractivity contribution < 1.29 is 9.13 Å². The molecule has 0 atom stereocenters. The number of halogens is 2. The van der Waals surface area contributed by atoms with E-state index < -0.39 is 5.82 Å². The Bertz CT molecular complexity index is 610. The fourth-order valence-corrected chi connectivity index (χ4v) is 1.57. The van der Waals surface area contributed by atoms with Crippen molar-refractivity contribution in [2.45, 2.75) is 13.3 Å². The highest BCUT2D eigenvalue weighted by Gasteiger charge is 2.07. The summed E-state index contributed by atoms with van der Waals surface area (Å²) in [5.41, 5.74) is 6.10. The molecule has 6 nitrogen and oxygen atoms in total. The molecule has 0 amide bonds. The summed E-state index contributed by atoms with van der Waals surface area (Å²) in [5, 5.41) is 2.86. The zero-order valence-corrected chi connectivity index (χ0v) is 11.5. The molecular weight excluding hydrogens is 285 g/mol. The summed E-state index contributed by atoms with van der Waals surface area (Å²) < 4.78 is 18.4. The van der Waals surface area contributed by atoms with E-state index in [0.29, 0.717) is 12.3 Å². The van der Waals surface area contributed by atoms with Crippen LogP contribution >= 0.6 is 11.6 Å². The SMILES string of the molecule is CCCOc1nc(N)nc(Nc2ccc(F)c(Cl)c2)n1. The third kappa shape index (κ3) is 3.67. The lowest BCUT2D eigenvalue weighted by atomic mass is 10.3. The zero-order valence-electron chi connectivity index (χ0n) is 10.7. The maximum Gasteiger partial charge on any atom is 0.323 e. The summed E-state index contributed by atoms with van der Waals surface area (Å²) in [7, 11) is 0. The van der Waals surface area contributed by atoms with Crippen molar-refractivity contribution in [3.05, 3.63) is 29.0 Å². The summed E-state index contributed by atoms with van der Waals surface area (Å²) in [4.78, 5) is 11.8. The minimum atomic E-state index is -0.501. The molecule has 2 aromatic rings. The van der Waals surface area contributed by atoms with Crippen LogP contribution in [0.1, 0.15) is 13.3 Å². The van der Waals surface area contributed by atoms with Crippen LogP contribution in [-0.4, -0.2) is 21.6 Å². The third-order valence-corrected chi connectivity index (χ3v) is 2.53. The quantitative estimate of drug-likeness (QED) is 0.882. The van der Waals surface area contributed by atoms with Gasteiger partial charge in [0.2, 0.25) is 11.9 Å². The molecule has 0 spiro atoms. The number of ether oxygens (including phenoxy) is 1. The molecule has 2 rings (SSSR count). The van der Waals surface area contributed by atoms with Crippen molar-refractivity contribution >= 4 is 29.2 Å². The molecule has 1 aromatic heterocycles. The Kier molecular flexibility index (Phi) is 4.52. The normalized spacial score (nSPS) is 10.3. The molecule has 8 heteroatoms. The molecule has 20 heavy (non-hydrogen) atoms. The number of nitrogens with zero attached hydrogens (tertiary/aromatic N) is 3. The molecule has 3 N–H and O–H groups in total. The summed E-state index contributed by atoms with van der Waals surface area (Å²) in [5.74, 6) is -0.271. The topological polar surface area (TPSA) is 86.0 Å². The van der Waals surface area contributed by atoms with Crippen molar-refractivity contribution in [2.24, 2.45) is 0 Å². The molecule has 1 aromatic carbocycles. The first-order chi connectivity index (χ1) is 9.58. The van der Waals surface area contributed by atoms with Crippen molar-refractivity contribution in [2.75, 3.05) is 17.7 Å². The Labute approximate surface area is 120 Å². The number of nitrogens with two attached hydrogens (primary N) is 1. The van der Waals surface area contributed by atoms with Crippen LogP contribution in [0, 0.1) is 5.82 Å². The van der Waals surface area contributed by atoms with Crippen LogP contribution < -0.4 is 15.8 Å². The average Bonchev–Trinajstić information content (AvgIpc) is 2.40. The van der Waals surface area contributed by atoms with E-state index in [0.717, 1.165) is 6.42 Å². The number of benzene rings is 1.